The number of hydrogen-bond acceptors (Lipinski definition) is 2. The van der Waals surface area contributed by atoms with Crippen molar-refractivity contribution in [2.24, 2.45) is 0 Å². The molecule has 2 aromatic carbocycles. The number of ether oxygens (including phenoxy) is 1. The summed E-state index contributed by atoms with van der Waals surface area (Å²) in [6.45, 7) is 3.22. The summed E-state index contributed by atoms with van der Waals surface area (Å²) in [5.74, 6) is 0.930. The summed E-state index contributed by atoms with van der Waals surface area (Å²) >= 11 is 0. The van der Waals surface area contributed by atoms with Crippen LogP contribution in [0.25, 0.3) is 0 Å². The van der Waals surface area contributed by atoms with Crippen LogP contribution in [0.4, 0.5) is 0 Å². The second-order valence-corrected chi connectivity index (χ2v) is 5.15. The third kappa shape index (κ3) is 4.71. The molecule has 0 bridgehead atoms. The molecule has 106 valence electrons. The summed E-state index contributed by atoms with van der Waals surface area (Å²) in [6, 6.07) is 19.4. The zero-order chi connectivity index (χ0) is 14.2. The molecule has 20 heavy (non-hydrogen) atoms. The second-order valence-electron chi connectivity index (χ2n) is 5.15. The standard InChI is InChI=1S/C18H23NO/c1-15(13-16-7-4-3-5-8-16)19-12-11-17-9-6-10-18(14-17)20-2/h3-10,14-15,19H,11-13H2,1-2H3. The molecular formula is C18H23NO. The molecule has 0 saturated heterocycles. The fourth-order valence-corrected chi connectivity index (χ4v) is 2.33. The van der Waals surface area contributed by atoms with Gasteiger partial charge in [-0.2, -0.15) is 0 Å². The predicted octanol–water partition coefficient (Wildman–Crippen LogP) is 3.46. The summed E-state index contributed by atoms with van der Waals surface area (Å²) < 4.78 is 5.24. The topological polar surface area (TPSA) is 21.3 Å². The fraction of sp³-hybridized carbons (Fsp3) is 0.333. The van der Waals surface area contributed by atoms with Gasteiger partial charge in [0, 0.05) is 6.04 Å². The Hall–Kier alpha value is -1.80. The van der Waals surface area contributed by atoms with Gasteiger partial charge in [0.2, 0.25) is 0 Å². The lowest BCUT2D eigenvalue weighted by molar-refractivity contribution is 0.414. The monoisotopic (exact) mass is 269 g/mol. The molecule has 0 aliphatic carbocycles. The van der Waals surface area contributed by atoms with Gasteiger partial charge in [0.25, 0.3) is 0 Å². The highest BCUT2D eigenvalue weighted by atomic mass is 16.5. The highest BCUT2D eigenvalue weighted by Crippen LogP contribution is 2.12. The van der Waals surface area contributed by atoms with Crippen molar-refractivity contribution in [2.75, 3.05) is 13.7 Å². The predicted molar refractivity (Wildman–Crippen MR) is 84.3 cm³/mol. The Morgan fingerprint density at radius 2 is 1.75 bits per heavy atom. The molecule has 0 radical (unpaired) electrons. The van der Waals surface area contributed by atoms with Gasteiger partial charge in [-0.1, -0.05) is 42.5 Å². The van der Waals surface area contributed by atoms with Gasteiger partial charge in [-0.25, -0.2) is 0 Å². The fourth-order valence-electron chi connectivity index (χ4n) is 2.33. The first-order chi connectivity index (χ1) is 9.78. The van der Waals surface area contributed by atoms with Crippen molar-refractivity contribution in [1.29, 1.82) is 0 Å². The first-order valence-electron chi connectivity index (χ1n) is 7.18. The minimum atomic E-state index is 0.489. The van der Waals surface area contributed by atoms with Gasteiger partial charge >= 0.3 is 0 Å². The highest BCUT2D eigenvalue weighted by molar-refractivity contribution is 5.28. The Bertz CT molecular complexity index is 510. The Balaban J connectivity index is 1.75. The SMILES string of the molecule is COc1cccc(CCNC(C)Cc2ccccc2)c1. The number of rotatable bonds is 7. The van der Waals surface area contributed by atoms with E-state index < -0.39 is 0 Å². The molecule has 0 fully saturated rings. The van der Waals surface area contributed by atoms with Crippen molar-refractivity contribution in [3.8, 4) is 5.75 Å². The van der Waals surface area contributed by atoms with Crippen LogP contribution in [0.1, 0.15) is 18.1 Å². The van der Waals surface area contributed by atoms with Crippen LogP contribution < -0.4 is 10.1 Å². The Morgan fingerprint density at radius 1 is 1.00 bits per heavy atom. The zero-order valence-corrected chi connectivity index (χ0v) is 12.3. The Labute approximate surface area is 121 Å². The van der Waals surface area contributed by atoms with E-state index in [1.165, 1.54) is 11.1 Å². The number of methoxy groups -OCH3 is 1. The molecule has 0 spiro atoms. The smallest absolute Gasteiger partial charge is 0.119 e. The van der Waals surface area contributed by atoms with Crippen LogP contribution in [0.5, 0.6) is 5.75 Å². The van der Waals surface area contributed by atoms with Crippen LogP contribution in [-0.2, 0) is 12.8 Å². The maximum atomic E-state index is 5.24. The lowest BCUT2D eigenvalue weighted by atomic mass is 10.1. The lowest BCUT2D eigenvalue weighted by Crippen LogP contribution is -2.29. The maximum absolute atomic E-state index is 5.24. The summed E-state index contributed by atoms with van der Waals surface area (Å²) in [7, 11) is 1.71. The molecule has 1 N–H and O–H groups in total. The van der Waals surface area contributed by atoms with E-state index in [4.69, 9.17) is 4.74 Å². The average molecular weight is 269 g/mol. The summed E-state index contributed by atoms with van der Waals surface area (Å²) in [6.07, 6.45) is 2.09. The van der Waals surface area contributed by atoms with Crippen molar-refractivity contribution in [1.82, 2.24) is 5.32 Å². The van der Waals surface area contributed by atoms with E-state index >= 15 is 0 Å². The van der Waals surface area contributed by atoms with E-state index in [9.17, 15) is 0 Å². The number of benzene rings is 2. The number of nitrogens with one attached hydrogen (secondary N) is 1. The third-order valence-corrected chi connectivity index (χ3v) is 3.43. The van der Waals surface area contributed by atoms with Crippen LogP contribution in [-0.4, -0.2) is 19.7 Å². The molecule has 0 saturated carbocycles. The molecule has 2 rings (SSSR count). The van der Waals surface area contributed by atoms with Gasteiger partial charge in [0.05, 0.1) is 7.11 Å². The van der Waals surface area contributed by atoms with Gasteiger partial charge in [-0.15, -0.1) is 0 Å². The molecule has 0 aliphatic heterocycles. The molecule has 0 aliphatic rings. The molecule has 2 aromatic rings. The molecule has 2 heteroatoms. The van der Waals surface area contributed by atoms with Crippen molar-refractivity contribution in [3.63, 3.8) is 0 Å². The lowest BCUT2D eigenvalue weighted by Gasteiger charge is -2.14. The van der Waals surface area contributed by atoms with Crippen molar-refractivity contribution >= 4 is 0 Å². The average Bonchev–Trinajstić information content (AvgIpc) is 2.48. The maximum Gasteiger partial charge on any atom is 0.119 e. The van der Waals surface area contributed by atoms with E-state index in [-0.39, 0.29) is 0 Å². The first kappa shape index (κ1) is 14.6. The van der Waals surface area contributed by atoms with E-state index in [1.807, 2.05) is 12.1 Å². The van der Waals surface area contributed by atoms with Crippen LogP contribution in [0.2, 0.25) is 0 Å². The second kappa shape index (κ2) is 7.71. The van der Waals surface area contributed by atoms with E-state index in [2.05, 4.69) is 54.7 Å². The van der Waals surface area contributed by atoms with Crippen LogP contribution in [0.3, 0.4) is 0 Å². The normalized spacial score (nSPS) is 12.1. The van der Waals surface area contributed by atoms with E-state index in [0.717, 1.165) is 25.1 Å². The molecule has 2 nitrogen and oxygen atoms in total. The molecular weight excluding hydrogens is 246 g/mol. The van der Waals surface area contributed by atoms with E-state index in [0.29, 0.717) is 6.04 Å². The number of hydrogen-bond donors (Lipinski definition) is 1. The highest BCUT2D eigenvalue weighted by Gasteiger charge is 2.03. The minimum absolute atomic E-state index is 0.489. The third-order valence-electron chi connectivity index (χ3n) is 3.43. The first-order valence-corrected chi connectivity index (χ1v) is 7.18. The van der Waals surface area contributed by atoms with Gasteiger partial charge in [0.1, 0.15) is 5.75 Å². The van der Waals surface area contributed by atoms with Crippen molar-refractivity contribution in [2.45, 2.75) is 25.8 Å². The van der Waals surface area contributed by atoms with Crippen LogP contribution >= 0.6 is 0 Å². The zero-order valence-electron chi connectivity index (χ0n) is 12.3. The van der Waals surface area contributed by atoms with Crippen molar-refractivity contribution < 1.29 is 4.74 Å². The quantitative estimate of drug-likeness (QED) is 0.831. The van der Waals surface area contributed by atoms with Crippen LogP contribution in [0.15, 0.2) is 54.6 Å². The van der Waals surface area contributed by atoms with Gasteiger partial charge in [-0.05, 0) is 49.6 Å². The minimum Gasteiger partial charge on any atom is -0.497 e. The molecule has 1 unspecified atom stereocenters. The molecule has 1 atom stereocenters. The van der Waals surface area contributed by atoms with Gasteiger partial charge in [-0.3, -0.25) is 0 Å². The summed E-state index contributed by atoms with van der Waals surface area (Å²) in [4.78, 5) is 0. The Kier molecular flexibility index (Phi) is 5.63. The largest absolute Gasteiger partial charge is 0.497 e. The molecule has 0 aromatic heterocycles. The van der Waals surface area contributed by atoms with Gasteiger partial charge in [0.15, 0.2) is 0 Å². The van der Waals surface area contributed by atoms with Gasteiger partial charge < -0.3 is 10.1 Å². The van der Waals surface area contributed by atoms with Crippen LogP contribution in [0, 0.1) is 0 Å². The van der Waals surface area contributed by atoms with Crippen molar-refractivity contribution in [3.05, 3.63) is 65.7 Å². The molecule has 0 amide bonds. The van der Waals surface area contributed by atoms with E-state index in [1.54, 1.807) is 7.11 Å². The Morgan fingerprint density at radius 3 is 2.50 bits per heavy atom. The summed E-state index contributed by atoms with van der Waals surface area (Å²) in [5.41, 5.74) is 2.69. The summed E-state index contributed by atoms with van der Waals surface area (Å²) in [5, 5.41) is 3.58. The molecule has 0 heterocycles.